The molecule has 0 fully saturated rings. The number of hydrogen-bond donors (Lipinski definition) is 0. The predicted molar refractivity (Wildman–Crippen MR) is 288 cm³/mol. The van der Waals surface area contributed by atoms with Crippen molar-refractivity contribution < 1.29 is 28.6 Å². The Bertz CT molecular complexity index is 1300. The van der Waals surface area contributed by atoms with Crippen molar-refractivity contribution in [3.63, 3.8) is 0 Å². The molecule has 0 N–H and O–H groups in total. The SMILES string of the molecule is CCCCC/C=C\C/C=C\CCCCCCCCCC(=O)O[C@@H](COC(=O)CCC/C=C\C/C=C\C/C=C\CCCCCCCC)COC(=O)CCCCCCC/C=C\C/C=C\CCCCC. The second-order valence-electron chi connectivity index (χ2n) is 18.5. The van der Waals surface area contributed by atoms with Gasteiger partial charge in [0, 0.05) is 19.3 Å². The monoisotopic (exact) mass is 933 g/mol. The highest BCUT2D eigenvalue weighted by Gasteiger charge is 2.19. The molecule has 0 aromatic heterocycles. The van der Waals surface area contributed by atoms with Crippen LogP contribution in [0.5, 0.6) is 0 Å². The zero-order chi connectivity index (χ0) is 48.6. The van der Waals surface area contributed by atoms with Gasteiger partial charge in [-0.15, -0.1) is 0 Å². The molecule has 0 radical (unpaired) electrons. The van der Waals surface area contributed by atoms with Gasteiger partial charge in [0.05, 0.1) is 0 Å². The molecule has 0 aromatic carbocycles. The number of ether oxygens (including phenoxy) is 3. The summed E-state index contributed by atoms with van der Waals surface area (Å²) < 4.78 is 16.8. The van der Waals surface area contributed by atoms with Crippen LogP contribution in [-0.2, 0) is 28.6 Å². The molecule has 0 spiro atoms. The average molecular weight is 933 g/mol. The zero-order valence-corrected chi connectivity index (χ0v) is 43.9. The molecule has 6 heteroatoms. The van der Waals surface area contributed by atoms with Gasteiger partial charge in [-0.1, -0.05) is 215 Å². The molecule has 67 heavy (non-hydrogen) atoms. The van der Waals surface area contributed by atoms with E-state index in [0.717, 1.165) is 96.3 Å². The minimum atomic E-state index is -0.807. The van der Waals surface area contributed by atoms with E-state index in [1.54, 1.807) is 0 Å². The Balaban J connectivity index is 4.50. The maximum absolute atomic E-state index is 12.8. The summed E-state index contributed by atoms with van der Waals surface area (Å²) in [6, 6.07) is 0. The van der Waals surface area contributed by atoms with E-state index in [0.29, 0.717) is 19.3 Å². The van der Waals surface area contributed by atoms with E-state index in [-0.39, 0.29) is 37.5 Å². The van der Waals surface area contributed by atoms with Crippen LogP contribution in [0.25, 0.3) is 0 Å². The molecule has 0 aliphatic heterocycles. The van der Waals surface area contributed by atoms with Crippen LogP contribution < -0.4 is 0 Å². The second kappa shape index (κ2) is 55.2. The smallest absolute Gasteiger partial charge is 0.306 e. The Morgan fingerprint density at radius 1 is 0.299 bits per heavy atom. The van der Waals surface area contributed by atoms with E-state index in [9.17, 15) is 14.4 Å². The number of rotatable bonds is 50. The van der Waals surface area contributed by atoms with Crippen LogP contribution in [0.4, 0.5) is 0 Å². The Hall–Kier alpha value is -3.41. The molecular weight excluding hydrogens is 829 g/mol. The summed E-state index contributed by atoms with van der Waals surface area (Å²) in [5.74, 6) is -0.974. The highest BCUT2D eigenvalue weighted by Crippen LogP contribution is 2.14. The summed E-state index contributed by atoms with van der Waals surface area (Å²) in [5, 5.41) is 0. The van der Waals surface area contributed by atoms with Crippen molar-refractivity contribution in [2.75, 3.05) is 13.2 Å². The molecule has 0 aliphatic carbocycles. The maximum Gasteiger partial charge on any atom is 0.306 e. The van der Waals surface area contributed by atoms with Gasteiger partial charge in [-0.3, -0.25) is 14.4 Å². The first-order valence-corrected chi connectivity index (χ1v) is 28.1. The first-order chi connectivity index (χ1) is 33.0. The molecule has 1 atom stereocenters. The molecule has 0 unspecified atom stereocenters. The van der Waals surface area contributed by atoms with Crippen LogP contribution in [0, 0.1) is 0 Å². The third kappa shape index (κ3) is 53.4. The highest BCUT2D eigenvalue weighted by molar-refractivity contribution is 5.71. The van der Waals surface area contributed by atoms with E-state index in [1.807, 2.05) is 0 Å². The van der Waals surface area contributed by atoms with Gasteiger partial charge < -0.3 is 14.2 Å². The molecule has 0 saturated carbocycles. The third-order valence-electron chi connectivity index (χ3n) is 11.8. The third-order valence-corrected chi connectivity index (χ3v) is 11.8. The van der Waals surface area contributed by atoms with Crippen molar-refractivity contribution in [2.24, 2.45) is 0 Å². The molecule has 384 valence electrons. The molecule has 6 nitrogen and oxygen atoms in total. The number of allylic oxidation sites excluding steroid dienone is 14. The van der Waals surface area contributed by atoms with Gasteiger partial charge in [0.15, 0.2) is 6.10 Å². The average Bonchev–Trinajstić information content (AvgIpc) is 3.33. The summed E-state index contributed by atoms with van der Waals surface area (Å²) in [5.41, 5.74) is 0. The summed E-state index contributed by atoms with van der Waals surface area (Å²) in [6.07, 6.45) is 71.4. The fraction of sp³-hybridized carbons (Fsp3) is 0.721. The van der Waals surface area contributed by atoms with Crippen molar-refractivity contribution in [2.45, 2.75) is 271 Å². The number of carbonyl (C=O) groups excluding carboxylic acids is 3. The van der Waals surface area contributed by atoms with Crippen LogP contribution >= 0.6 is 0 Å². The van der Waals surface area contributed by atoms with Gasteiger partial charge in [0.25, 0.3) is 0 Å². The molecule has 0 bridgehead atoms. The lowest BCUT2D eigenvalue weighted by atomic mass is 10.1. The summed E-state index contributed by atoms with van der Waals surface area (Å²) in [6.45, 7) is 6.53. The van der Waals surface area contributed by atoms with E-state index in [4.69, 9.17) is 14.2 Å². The van der Waals surface area contributed by atoms with Crippen molar-refractivity contribution >= 4 is 17.9 Å². The van der Waals surface area contributed by atoms with Crippen LogP contribution in [0.2, 0.25) is 0 Å². The molecule has 0 rings (SSSR count). The van der Waals surface area contributed by atoms with Crippen molar-refractivity contribution in [1.82, 2.24) is 0 Å². The van der Waals surface area contributed by atoms with Crippen molar-refractivity contribution in [3.8, 4) is 0 Å². The second-order valence-corrected chi connectivity index (χ2v) is 18.5. The lowest BCUT2D eigenvalue weighted by molar-refractivity contribution is -0.167. The quantitative estimate of drug-likeness (QED) is 0.0262. The van der Waals surface area contributed by atoms with E-state index >= 15 is 0 Å². The lowest BCUT2D eigenvalue weighted by Crippen LogP contribution is -2.30. The van der Waals surface area contributed by atoms with Crippen LogP contribution in [-0.4, -0.2) is 37.2 Å². The minimum absolute atomic E-state index is 0.103. The summed E-state index contributed by atoms with van der Waals surface area (Å²) >= 11 is 0. The first-order valence-electron chi connectivity index (χ1n) is 28.1. The van der Waals surface area contributed by atoms with Gasteiger partial charge in [-0.05, 0) is 116 Å². The van der Waals surface area contributed by atoms with Crippen LogP contribution in [0.3, 0.4) is 0 Å². The van der Waals surface area contributed by atoms with Gasteiger partial charge in [-0.2, -0.15) is 0 Å². The van der Waals surface area contributed by atoms with Gasteiger partial charge in [-0.25, -0.2) is 0 Å². The topological polar surface area (TPSA) is 78.9 Å². The summed E-state index contributed by atoms with van der Waals surface area (Å²) in [4.78, 5) is 38.1. The Kier molecular flexibility index (Phi) is 52.4. The largest absolute Gasteiger partial charge is 0.462 e. The van der Waals surface area contributed by atoms with E-state index < -0.39 is 6.10 Å². The molecule has 0 amide bonds. The number of unbranched alkanes of at least 4 members (excludes halogenated alkanes) is 25. The van der Waals surface area contributed by atoms with E-state index in [2.05, 4.69) is 106 Å². The fourth-order valence-electron chi connectivity index (χ4n) is 7.58. The Labute approximate surface area is 414 Å². The molecule has 0 aromatic rings. The molecule has 0 heterocycles. The molecule has 0 aliphatic rings. The molecular formula is C61H104O6. The van der Waals surface area contributed by atoms with Crippen LogP contribution in [0.15, 0.2) is 85.1 Å². The van der Waals surface area contributed by atoms with Crippen molar-refractivity contribution in [3.05, 3.63) is 85.1 Å². The molecule has 0 saturated heterocycles. The zero-order valence-electron chi connectivity index (χ0n) is 43.9. The first kappa shape index (κ1) is 63.6. The van der Waals surface area contributed by atoms with Gasteiger partial charge >= 0.3 is 17.9 Å². The van der Waals surface area contributed by atoms with Crippen LogP contribution in [0.1, 0.15) is 265 Å². The number of carbonyl (C=O) groups is 3. The summed E-state index contributed by atoms with van der Waals surface area (Å²) in [7, 11) is 0. The standard InChI is InChI=1S/C61H104O6/c1-4-7-10-13-16-19-22-25-28-30-33-36-39-42-45-48-51-54-60(63)66-57-58(56-65-59(62)53-50-47-44-41-38-35-32-27-24-21-18-15-12-9-6-3)67-61(64)55-52-49-46-43-40-37-34-31-29-26-23-20-17-14-11-8-5-2/h17-18,20-21,25-29,32-33,36,42,45,58H,4-16,19,22-24,30-31,34-35,37-41,43-44,46-57H2,1-3H3/b20-17-,21-18-,28-25-,29-26-,32-27-,36-33-,45-42-/t58-/m1/s1. The lowest BCUT2D eigenvalue weighted by Gasteiger charge is -2.18. The van der Waals surface area contributed by atoms with Crippen molar-refractivity contribution in [1.29, 1.82) is 0 Å². The van der Waals surface area contributed by atoms with E-state index in [1.165, 1.54) is 122 Å². The fourth-order valence-corrected chi connectivity index (χ4v) is 7.58. The normalized spacial score (nSPS) is 12.7. The predicted octanol–water partition coefficient (Wildman–Crippen LogP) is 18.8. The minimum Gasteiger partial charge on any atom is -0.462 e. The maximum atomic E-state index is 12.8. The number of hydrogen-bond acceptors (Lipinski definition) is 6. The van der Waals surface area contributed by atoms with Gasteiger partial charge in [0.1, 0.15) is 13.2 Å². The highest BCUT2D eigenvalue weighted by atomic mass is 16.6. The Morgan fingerprint density at radius 2 is 0.552 bits per heavy atom. The van der Waals surface area contributed by atoms with Gasteiger partial charge in [0.2, 0.25) is 0 Å². The number of esters is 3. The Morgan fingerprint density at radius 3 is 0.925 bits per heavy atom.